The van der Waals surface area contributed by atoms with E-state index in [1.54, 1.807) is 18.3 Å². The van der Waals surface area contributed by atoms with Gasteiger partial charge in [-0.15, -0.1) is 0 Å². The quantitative estimate of drug-likeness (QED) is 0.929. The average molecular weight is 320 g/mol. The van der Waals surface area contributed by atoms with Crippen molar-refractivity contribution in [2.75, 3.05) is 5.32 Å². The van der Waals surface area contributed by atoms with E-state index in [-0.39, 0.29) is 11.9 Å². The second-order valence-electron chi connectivity index (χ2n) is 4.11. The van der Waals surface area contributed by atoms with E-state index >= 15 is 0 Å². The Hall–Kier alpha value is -1.93. The van der Waals surface area contributed by atoms with Gasteiger partial charge in [0.15, 0.2) is 0 Å². The van der Waals surface area contributed by atoms with Crippen LogP contribution < -0.4 is 5.32 Å². The third kappa shape index (κ3) is 3.30. The van der Waals surface area contributed by atoms with Crippen molar-refractivity contribution in [3.05, 3.63) is 58.1 Å². The van der Waals surface area contributed by atoms with Crippen molar-refractivity contribution < 1.29 is 4.39 Å². The van der Waals surface area contributed by atoms with Gasteiger partial charge in [-0.25, -0.2) is 4.39 Å². The molecule has 2 aromatic rings. The fourth-order valence-electron chi connectivity index (χ4n) is 1.68. The van der Waals surface area contributed by atoms with E-state index in [0.29, 0.717) is 5.56 Å². The summed E-state index contributed by atoms with van der Waals surface area (Å²) in [5, 5.41) is 12.0. The molecule has 0 fully saturated rings. The molecule has 3 nitrogen and oxygen atoms in total. The zero-order valence-corrected chi connectivity index (χ0v) is 11.8. The number of pyridine rings is 1. The van der Waals surface area contributed by atoms with Crippen LogP contribution in [0.1, 0.15) is 24.1 Å². The van der Waals surface area contributed by atoms with Crippen LogP contribution >= 0.6 is 15.9 Å². The fraction of sp³-hybridized carbons (Fsp3) is 0.143. The van der Waals surface area contributed by atoms with Crippen LogP contribution in [0.2, 0.25) is 0 Å². The first-order valence-corrected chi connectivity index (χ1v) is 6.46. The summed E-state index contributed by atoms with van der Waals surface area (Å²) in [7, 11) is 0. The molecule has 0 saturated carbocycles. The van der Waals surface area contributed by atoms with Gasteiger partial charge in [-0.05, 0) is 52.7 Å². The number of hydrogen-bond donors (Lipinski definition) is 1. The number of nitrogens with zero attached hydrogens (tertiary/aromatic N) is 2. The van der Waals surface area contributed by atoms with Crippen LogP contribution in [0.4, 0.5) is 10.1 Å². The summed E-state index contributed by atoms with van der Waals surface area (Å²) >= 11 is 3.40. The SMILES string of the molecule is CC(Nc1ccc(C#N)cc1Br)c1cncc(F)c1. The van der Waals surface area contributed by atoms with E-state index < -0.39 is 0 Å². The summed E-state index contributed by atoms with van der Waals surface area (Å²) in [6.07, 6.45) is 2.80. The highest BCUT2D eigenvalue weighted by atomic mass is 79.9. The standard InChI is InChI=1S/C14H11BrFN3/c1-9(11-5-12(16)8-18-7-11)19-14-3-2-10(6-17)4-13(14)15/h2-5,7-9,19H,1H3. The average Bonchev–Trinajstić information content (AvgIpc) is 2.41. The number of hydrogen-bond acceptors (Lipinski definition) is 3. The van der Waals surface area contributed by atoms with E-state index in [1.807, 2.05) is 13.0 Å². The molecule has 1 aromatic heterocycles. The summed E-state index contributed by atoms with van der Waals surface area (Å²) in [6.45, 7) is 1.92. The third-order valence-electron chi connectivity index (χ3n) is 2.70. The molecule has 0 spiro atoms. The van der Waals surface area contributed by atoms with Crippen molar-refractivity contribution in [3.63, 3.8) is 0 Å². The van der Waals surface area contributed by atoms with E-state index in [4.69, 9.17) is 5.26 Å². The molecule has 0 saturated heterocycles. The predicted octanol–water partition coefficient (Wildman–Crippen LogP) is 4.03. The molecule has 0 amide bonds. The molecule has 0 aliphatic rings. The van der Waals surface area contributed by atoms with Crippen molar-refractivity contribution in [1.82, 2.24) is 4.98 Å². The number of nitriles is 1. The van der Waals surface area contributed by atoms with Crippen molar-refractivity contribution >= 4 is 21.6 Å². The van der Waals surface area contributed by atoms with Gasteiger partial charge in [-0.1, -0.05) is 0 Å². The number of rotatable bonds is 3. The van der Waals surface area contributed by atoms with Gasteiger partial charge >= 0.3 is 0 Å². The highest BCUT2D eigenvalue weighted by Crippen LogP contribution is 2.27. The van der Waals surface area contributed by atoms with Crippen LogP contribution in [-0.2, 0) is 0 Å². The summed E-state index contributed by atoms with van der Waals surface area (Å²) in [5.41, 5.74) is 2.18. The summed E-state index contributed by atoms with van der Waals surface area (Å²) in [4.78, 5) is 3.83. The lowest BCUT2D eigenvalue weighted by molar-refractivity contribution is 0.616. The monoisotopic (exact) mass is 319 g/mol. The Labute approximate surface area is 119 Å². The van der Waals surface area contributed by atoms with Crippen molar-refractivity contribution in [1.29, 1.82) is 5.26 Å². The summed E-state index contributed by atoms with van der Waals surface area (Å²) in [6, 6.07) is 8.70. The van der Waals surface area contributed by atoms with Crippen LogP contribution in [0, 0.1) is 17.1 Å². The predicted molar refractivity (Wildman–Crippen MR) is 75.1 cm³/mol. The molecule has 1 atom stereocenters. The maximum Gasteiger partial charge on any atom is 0.141 e. The van der Waals surface area contributed by atoms with E-state index in [2.05, 4.69) is 32.3 Å². The highest BCUT2D eigenvalue weighted by Gasteiger charge is 2.09. The van der Waals surface area contributed by atoms with Gasteiger partial charge in [0.25, 0.3) is 0 Å². The minimum Gasteiger partial charge on any atom is -0.378 e. The summed E-state index contributed by atoms with van der Waals surface area (Å²) in [5.74, 6) is -0.356. The molecule has 96 valence electrons. The summed E-state index contributed by atoms with van der Waals surface area (Å²) < 4.78 is 13.9. The Morgan fingerprint density at radius 1 is 1.37 bits per heavy atom. The number of halogens is 2. The molecule has 0 aliphatic carbocycles. The Kier molecular flexibility index (Phi) is 4.13. The number of benzene rings is 1. The number of anilines is 1. The maximum atomic E-state index is 13.1. The zero-order chi connectivity index (χ0) is 13.8. The molecule has 1 N–H and O–H groups in total. The molecule has 5 heteroatoms. The van der Waals surface area contributed by atoms with Crippen LogP contribution in [0.3, 0.4) is 0 Å². The van der Waals surface area contributed by atoms with E-state index in [1.165, 1.54) is 12.3 Å². The van der Waals surface area contributed by atoms with Gasteiger partial charge in [0.2, 0.25) is 0 Å². The van der Waals surface area contributed by atoms with Crippen LogP contribution in [-0.4, -0.2) is 4.98 Å². The topological polar surface area (TPSA) is 48.7 Å². The van der Waals surface area contributed by atoms with Crippen LogP contribution in [0.5, 0.6) is 0 Å². The molecular formula is C14H11BrFN3. The normalized spacial score (nSPS) is 11.7. The van der Waals surface area contributed by atoms with Gasteiger partial charge in [-0.3, -0.25) is 4.98 Å². The smallest absolute Gasteiger partial charge is 0.141 e. The van der Waals surface area contributed by atoms with Gasteiger partial charge < -0.3 is 5.32 Å². The minimum absolute atomic E-state index is 0.0903. The van der Waals surface area contributed by atoms with Gasteiger partial charge in [0, 0.05) is 16.4 Å². The van der Waals surface area contributed by atoms with E-state index in [9.17, 15) is 4.39 Å². The van der Waals surface area contributed by atoms with Crippen molar-refractivity contribution in [2.24, 2.45) is 0 Å². The molecule has 19 heavy (non-hydrogen) atoms. The Bertz CT molecular complexity index is 637. The van der Waals surface area contributed by atoms with Gasteiger partial charge in [0.1, 0.15) is 5.82 Å². The molecular weight excluding hydrogens is 309 g/mol. The van der Waals surface area contributed by atoms with Crippen molar-refractivity contribution in [3.8, 4) is 6.07 Å². The van der Waals surface area contributed by atoms with Crippen molar-refractivity contribution in [2.45, 2.75) is 13.0 Å². The van der Waals surface area contributed by atoms with Gasteiger partial charge in [0.05, 0.1) is 23.9 Å². The number of nitrogens with one attached hydrogen (secondary N) is 1. The Morgan fingerprint density at radius 2 is 2.16 bits per heavy atom. The van der Waals surface area contributed by atoms with Gasteiger partial charge in [-0.2, -0.15) is 5.26 Å². The second kappa shape index (κ2) is 5.81. The maximum absolute atomic E-state index is 13.1. The molecule has 2 rings (SSSR count). The zero-order valence-electron chi connectivity index (χ0n) is 10.2. The molecule has 0 aliphatic heterocycles. The molecule has 1 heterocycles. The number of aromatic nitrogens is 1. The Balaban J connectivity index is 2.20. The molecule has 1 aromatic carbocycles. The van der Waals surface area contributed by atoms with Crippen LogP contribution in [0.15, 0.2) is 41.1 Å². The van der Waals surface area contributed by atoms with E-state index in [0.717, 1.165) is 15.7 Å². The lowest BCUT2D eigenvalue weighted by atomic mass is 10.1. The third-order valence-corrected chi connectivity index (χ3v) is 3.35. The highest BCUT2D eigenvalue weighted by molar-refractivity contribution is 9.10. The fourth-order valence-corrected chi connectivity index (χ4v) is 2.18. The first-order valence-electron chi connectivity index (χ1n) is 5.67. The lowest BCUT2D eigenvalue weighted by Crippen LogP contribution is -2.07. The Morgan fingerprint density at radius 3 is 2.79 bits per heavy atom. The largest absolute Gasteiger partial charge is 0.378 e. The molecule has 1 unspecified atom stereocenters. The first-order chi connectivity index (χ1) is 9.10. The van der Waals surface area contributed by atoms with Crippen LogP contribution in [0.25, 0.3) is 0 Å². The second-order valence-corrected chi connectivity index (χ2v) is 4.96. The lowest BCUT2D eigenvalue weighted by Gasteiger charge is -2.16. The molecule has 0 bridgehead atoms. The minimum atomic E-state index is -0.356. The molecule has 0 radical (unpaired) electrons. The first kappa shape index (κ1) is 13.5.